The first-order valence-electron chi connectivity index (χ1n) is 11.5. The number of nitrogens with one attached hydrogen (secondary N) is 1. The Morgan fingerprint density at radius 1 is 0.861 bits per heavy atom. The summed E-state index contributed by atoms with van der Waals surface area (Å²) >= 11 is 12.5. The molecule has 4 aromatic carbocycles. The number of rotatable bonds is 7. The smallest absolute Gasteiger partial charge is 0.252 e. The first kappa shape index (κ1) is 23.9. The van der Waals surface area contributed by atoms with Gasteiger partial charge in [-0.05, 0) is 34.9 Å². The van der Waals surface area contributed by atoms with E-state index in [0.717, 1.165) is 33.2 Å². The molecule has 0 aliphatic heterocycles. The third-order valence-corrected chi connectivity index (χ3v) is 6.67. The Bertz CT molecular complexity index is 1490. The fraction of sp³-hybridized carbons (Fsp3) is 0.0667. The van der Waals surface area contributed by atoms with Gasteiger partial charge < -0.3 is 4.57 Å². The highest BCUT2D eigenvalue weighted by Crippen LogP contribution is 2.27. The molecular formula is C30H23Cl2N3O. The highest BCUT2D eigenvalue weighted by molar-refractivity contribution is 6.35. The van der Waals surface area contributed by atoms with Crippen LogP contribution in [0, 0.1) is 0 Å². The number of benzene rings is 4. The van der Waals surface area contributed by atoms with E-state index < -0.39 is 5.92 Å². The van der Waals surface area contributed by atoms with Crippen LogP contribution in [0.1, 0.15) is 28.2 Å². The van der Waals surface area contributed by atoms with Gasteiger partial charge in [-0.25, -0.2) is 5.43 Å². The van der Waals surface area contributed by atoms with Crippen LogP contribution in [0.2, 0.25) is 10.0 Å². The predicted molar refractivity (Wildman–Crippen MR) is 148 cm³/mol. The summed E-state index contributed by atoms with van der Waals surface area (Å²) in [4.78, 5) is 13.3. The van der Waals surface area contributed by atoms with Crippen molar-refractivity contribution in [2.45, 2.75) is 12.5 Å². The van der Waals surface area contributed by atoms with E-state index in [1.165, 1.54) is 0 Å². The summed E-state index contributed by atoms with van der Waals surface area (Å²) < 4.78 is 2.12. The van der Waals surface area contributed by atoms with Gasteiger partial charge in [0.1, 0.15) is 0 Å². The maximum atomic E-state index is 13.3. The zero-order chi connectivity index (χ0) is 24.9. The summed E-state index contributed by atoms with van der Waals surface area (Å²) in [6.07, 6.45) is 3.70. The summed E-state index contributed by atoms with van der Waals surface area (Å²) in [7, 11) is 0. The molecule has 1 aromatic heterocycles. The lowest BCUT2D eigenvalue weighted by Gasteiger charge is -2.16. The molecule has 1 heterocycles. The average molecular weight is 512 g/mol. The van der Waals surface area contributed by atoms with Crippen LogP contribution < -0.4 is 5.43 Å². The zero-order valence-electron chi connectivity index (χ0n) is 19.3. The van der Waals surface area contributed by atoms with Gasteiger partial charge in [-0.1, -0.05) is 108 Å². The molecule has 5 aromatic rings. The van der Waals surface area contributed by atoms with E-state index in [1.54, 1.807) is 12.3 Å². The molecule has 0 aliphatic rings. The molecule has 0 saturated carbocycles. The second-order valence-corrected chi connectivity index (χ2v) is 9.30. The lowest BCUT2D eigenvalue weighted by atomic mass is 9.91. The van der Waals surface area contributed by atoms with Crippen molar-refractivity contribution >= 4 is 46.2 Å². The second-order valence-electron chi connectivity index (χ2n) is 8.45. The van der Waals surface area contributed by atoms with E-state index in [1.807, 2.05) is 97.2 Å². The SMILES string of the molecule is O=C(N/N=C\c1cn(Cc2ccc(Cl)cc2Cl)c2ccccc12)C(c1ccccc1)c1ccccc1. The van der Waals surface area contributed by atoms with Crippen LogP contribution in [-0.2, 0) is 11.3 Å². The molecule has 0 saturated heterocycles. The molecule has 4 nitrogen and oxygen atoms in total. The van der Waals surface area contributed by atoms with Gasteiger partial charge in [0.2, 0.25) is 0 Å². The van der Waals surface area contributed by atoms with E-state index in [2.05, 4.69) is 21.2 Å². The number of hydrazone groups is 1. The fourth-order valence-corrected chi connectivity index (χ4v) is 4.83. The first-order chi connectivity index (χ1) is 17.6. The Labute approximate surface area is 219 Å². The molecule has 36 heavy (non-hydrogen) atoms. The number of hydrogen-bond acceptors (Lipinski definition) is 2. The third kappa shape index (κ3) is 5.20. The number of carbonyl (C=O) groups is 1. The lowest BCUT2D eigenvalue weighted by molar-refractivity contribution is -0.121. The molecule has 0 spiro atoms. The van der Waals surface area contributed by atoms with Gasteiger partial charge in [0.15, 0.2) is 0 Å². The van der Waals surface area contributed by atoms with E-state index in [4.69, 9.17) is 23.2 Å². The van der Waals surface area contributed by atoms with Crippen LogP contribution in [0.4, 0.5) is 0 Å². The molecular weight excluding hydrogens is 489 g/mol. The van der Waals surface area contributed by atoms with Crippen molar-refractivity contribution in [3.8, 4) is 0 Å². The quantitative estimate of drug-likeness (QED) is 0.181. The summed E-state index contributed by atoms with van der Waals surface area (Å²) in [6.45, 7) is 0.584. The van der Waals surface area contributed by atoms with Gasteiger partial charge in [0, 0.05) is 39.3 Å². The van der Waals surface area contributed by atoms with Crippen LogP contribution in [0.5, 0.6) is 0 Å². The van der Waals surface area contributed by atoms with Crippen molar-refractivity contribution in [1.82, 2.24) is 9.99 Å². The highest BCUT2D eigenvalue weighted by Gasteiger charge is 2.22. The van der Waals surface area contributed by atoms with Crippen molar-refractivity contribution in [2.75, 3.05) is 0 Å². The number of nitrogens with zero attached hydrogens (tertiary/aromatic N) is 2. The first-order valence-corrected chi connectivity index (χ1v) is 12.3. The fourth-order valence-electron chi connectivity index (χ4n) is 4.36. The summed E-state index contributed by atoms with van der Waals surface area (Å²) in [5.41, 5.74) is 7.48. The molecule has 1 N–H and O–H groups in total. The van der Waals surface area contributed by atoms with Crippen LogP contribution in [0.15, 0.2) is 114 Å². The molecule has 5 rings (SSSR count). The number of para-hydroxylation sites is 1. The average Bonchev–Trinajstić information content (AvgIpc) is 3.24. The molecule has 6 heteroatoms. The Balaban J connectivity index is 1.40. The maximum Gasteiger partial charge on any atom is 0.252 e. The van der Waals surface area contributed by atoms with Crippen molar-refractivity contribution in [3.63, 3.8) is 0 Å². The number of hydrogen-bond donors (Lipinski definition) is 1. The summed E-state index contributed by atoms with van der Waals surface area (Å²) in [6, 6.07) is 33.0. The summed E-state index contributed by atoms with van der Waals surface area (Å²) in [5.74, 6) is -0.654. The topological polar surface area (TPSA) is 46.4 Å². The highest BCUT2D eigenvalue weighted by atomic mass is 35.5. The molecule has 0 atom stereocenters. The van der Waals surface area contributed by atoms with Crippen molar-refractivity contribution in [3.05, 3.63) is 142 Å². The largest absolute Gasteiger partial charge is 0.342 e. The molecule has 1 amide bonds. The van der Waals surface area contributed by atoms with Crippen LogP contribution >= 0.6 is 23.2 Å². The Morgan fingerprint density at radius 3 is 2.17 bits per heavy atom. The lowest BCUT2D eigenvalue weighted by Crippen LogP contribution is -2.26. The van der Waals surface area contributed by atoms with Gasteiger partial charge in [-0.3, -0.25) is 4.79 Å². The van der Waals surface area contributed by atoms with Crippen LogP contribution in [0.3, 0.4) is 0 Å². The van der Waals surface area contributed by atoms with Crippen LogP contribution in [0.25, 0.3) is 10.9 Å². The third-order valence-electron chi connectivity index (χ3n) is 6.08. The van der Waals surface area contributed by atoms with Gasteiger partial charge in [-0.2, -0.15) is 5.10 Å². The predicted octanol–water partition coefficient (Wildman–Crippen LogP) is 7.28. The van der Waals surface area contributed by atoms with Crippen LogP contribution in [-0.4, -0.2) is 16.7 Å². The van der Waals surface area contributed by atoms with E-state index in [9.17, 15) is 4.79 Å². The molecule has 0 bridgehead atoms. The monoisotopic (exact) mass is 511 g/mol. The Morgan fingerprint density at radius 2 is 1.50 bits per heavy atom. The normalized spacial score (nSPS) is 11.4. The van der Waals surface area contributed by atoms with Gasteiger partial charge in [-0.15, -0.1) is 0 Å². The molecule has 0 aliphatic carbocycles. The minimum Gasteiger partial charge on any atom is -0.342 e. The molecule has 0 fully saturated rings. The standard InChI is InChI=1S/C30H23Cl2N3O/c31-25-16-15-23(27(32)17-25)19-35-20-24(26-13-7-8-14-28(26)35)18-33-34-30(36)29(21-9-3-1-4-10-21)22-11-5-2-6-12-22/h1-18,20,29H,19H2,(H,34,36)/b33-18-. The van der Waals surface area contributed by atoms with E-state index in [-0.39, 0.29) is 5.91 Å². The Kier molecular flexibility index (Phi) is 7.17. The van der Waals surface area contributed by atoms with Crippen molar-refractivity contribution in [1.29, 1.82) is 0 Å². The number of fused-ring (bicyclic) bond motifs is 1. The number of carbonyl (C=O) groups excluding carboxylic acids is 1. The summed E-state index contributed by atoms with van der Waals surface area (Å²) in [5, 5.41) is 6.59. The zero-order valence-corrected chi connectivity index (χ0v) is 20.8. The molecule has 178 valence electrons. The maximum absolute atomic E-state index is 13.3. The Hall–Kier alpha value is -3.86. The molecule has 0 unspecified atom stereocenters. The van der Waals surface area contributed by atoms with Gasteiger partial charge in [0.25, 0.3) is 5.91 Å². The minimum atomic E-state index is -0.460. The minimum absolute atomic E-state index is 0.194. The van der Waals surface area contributed by atoms with Crippen molar-refractivity contribution < 1.29 is 4.79 Å². The number of amides is 1. The van der Waals surface area contributed by atoms with Gasteiger partial charge in [0.05, 0.1) is 12.1 Å². The van der Waals surface area contributed by atoms with E-state index in [0.29, 0.717) is 16.6 Å². The van der Waals surface area contributed by atoms with Crippen molar-refractivity contribution in [2.24, 2.45) is 5.10 Å². The number of aromatic nitrogens is 1. The number of halogens is 2. The van der Waals surface area contributed by atoms with Gasteiger partial charge >= 0.3 is 0 Å². The molecule has 0 radical (unpaired) electrons. The second kappa shape index (κ2) is 10.8. The van der Waals surface area contributed by atoms with E-state index >= 15 is 0 Å².